The van der Waals surface area contributed by atoms with Gasteiger partial charge in [0.25, 0.3) is 0 Å². The molecule has 6 heteroatoms. The lowest BCUT2D eigenvalue weighted by Crippen LogP contribution is -2.47. The number of carbonyl (C=O) groups excluding carboxylic acids is 1. The van der Waals surface area contributed by atoms with Crippen molar-refractivity contribution in [2.24, 2.45) is 5.92 Å². The van der Waals surface area contributed by atoms with E-state index in [9.17, 15) is 9.59 Å². The minimum atomic E-state index is -0.723. The van der Waals surface area contributed by atoms with E-state index in [1.807, 2.05) is 24.3 Å². The van der Waals surface area contributed by atoms with Crippen LogP contribution in [0.25, 0.3) is 5.57 Å². The third-order valence-electron chi connectivity index (χ3n) is 5.10. The van der Waals surface area contributed by atoms with Gasteiger partial charge in [0.2, 0.25) is 0 Å². The minimum Gasteiger partial charge on any atom is -0.481 e. The van der Waals surface area contributed by atoms with E-state index in [2.05, 4.69) is 11.4 Å². The Morgan fingerprint density at radius 2 is 1.96 bits per heavy atom. The average molecular weight is 363 g/mol. The number of aliphatic carboxylic acids is 1. The first-order valence-corrected chi connectivity index (χ1v) is 9.14. The summed E-state index contributed by atoms with van der Waals surface area (Å²) in [6.45, 7) is 1.26. The molecule has 2 N–H and O–H groups in total. The third-order valence-corrected chi connectivity index (χ3v) is 5.33. The zero-order valence-electron chi connectivity index (χ0n) is 14.1. The quantitative estimate of drug-likeness (QED) is 0.859. The van der Waals surface area contributed by atoms with Crippen molar-refractivity contribution < 1.29 is 14.7 Å². The summed E-state index contributed by atoms with van der Waals surface area (Å²) in [4.78, 5) is 25.2. The molecular weight excluding hydrogens is 340 g/mol. The average Bonchev–Trinajstić information content (AvgIpc) is 2.62. The first-order chi connectivity index (χ1) is 12.0. The van der Waals surface area contributed by atoms with Crippen LogP contribution >= 0.6 is 11.6 Å². The van der Waals surface area contributed by atoms with Gasteiger partial charge in [-0.05, 0) is 55.4 Å². The van der Waals surface area contributed by atoms with Crippen LogP contribution in [0.2, 0.25) is 5.02 Å². The van der Waals surface area contributed by atoms with Gasteiger partial charge >= 0.3 is 12.0 Å². The van der Waals surface area contributed by atoms with Gasteiger partial charge in [-0.15, -0.1) is 0 Å². The molecular formula is C19H23ClN2O3. The summed E-state index contributed by atoms with van der Waals surface area (Å²) < 4.78 is 0. The number of carboxylic acids is 1. The second-order valence-corrected chi connectivity index (χ2v) is 7.21. The molecule has 1 saturated carbocycles. The number of carbonyl (C=O) groups is 2. The molecule has 1 aliphatic carbocycles. The summed E-state index contributed by atoms with van der Waals surface area (Å²) >= 11 is 6.04. The molecule has 0 bridgehead atoms. The van der Waals surface area contributed by atoms with Crippen molar-refractivity contribution in [3.8, 4) is 0 Å². The molecule has 134 valence electrons. The van der Waals surface area contributed by atoms with Crippen LogP contribution in [0.3, 0.4) is 0 Å². The van der Waals surface area contributed by atoms with Crippen LogP contribution in [0.5, 0.6) is 0 Å². The van der Waals surface area contributed by atoms with Crippen LogP contribution in [0.4, 0.5) is 4.79 Å². The maximum absolute atomic E-state index is 12.4. The molecule has 0 atom stereocenters. The van der Waals surface area contributed by atoms with E-state index < -0.39 is 5.97 Å². The highest BCUT2D eigenvalue weighted by Crippen LogP contribution is 2.26. The molecule has 1 heterocycles. The highest BCUT2D eigenvalue weighted by molar-refractivity contribution is 6.30. The lowest BCUT2D eigenvalue weighted by molar-refractivity contribution is -0.142. The van der Waals surface area contributed by atoms with Crippen LogP contribution in [-0.4, -0.2) is 41.1 Å². The van der Waals surface area contributed by atoms with Crippen LogP contribution in [0, 0.1) is 5.92 Å². The maximum Gasteiger partial charge on any atom is 0.317 e. The van der Waals surface area contributed by atoms with Crippen LogP contribution in [0.15, 0.2) is 30.3 Å². The van der Waals surface area contributed by atoms with E-state index in [1.165, 1.54) is 5.57 Å². The molecule has 0 unspecified atom stereocenters. The van der Waals surface area contributed by atoms with Gasteiger partial charge in [0.1, 0.15) is 0 Å². The molecule has 25 heavy (non-hydrogen) atoms. The fourth-order valence-corrected chi connectivity index (χ4v) is 3.74. The molecule has 0 spiro atoms. The zero-order chi connectivity index (χ0) is 17.8. The zero-order valence-corrected chi connectivity index (χ0v) is 14.8. The van der Waals surface area contributed by atoms with Crippen molar-refractivity contribution >= 4 is 29.2 Å². The van der Waals surface area contributed by atoms with E-state index in [0.29, 0.717) is 25.9 Å². The monoisotopic (exact) mass is 362 g/mol. The number of hydrogen-bond donors (Lipinski definition) is 2. The van der Waals surface area contributed by atoms with Crippen LogP contribution in [-0.2, 0) is 4.79 Å². The Morgan fingerprint density at radius 1 is 1.20 bits per heavy atom. The second kappa shape index (κ2) is 7.91. The summed E-state index contributed by atoms with van der Waals surface area (Å²) in [6, 6.07) is 7.80. The van der Waals surface area contributed by atoms with E-state index in [-0.39, 0.29) is 18.0 Å². The van der Waals surface area contributed by atoms with Gasteiger partial charge in [0.05, 0.1) is 5.92 Å². The Hall–Kier alpha value is -2.01. The predicted molar refractivity (Wildman–Crippen MR) is 97.5 cm³/mol. The smallest absolute Gasteiger partial charge is 0.317 e. The summed E-state index contributed by atoms with van der Waals surface area (Å²) in [7, 11) is 0. The number of halogens is 1. The van der Waals surface area contributed by atoms with Gasteiger partial charge in [-0.1, -0.05) is 29.8 Å². The second-order valence-electron chi connectivity index (χ2n) is 6.77. The van der Waals surface area contributed by atoms with Crippen molar-refractivity contribution in [2.75, 3.05) is 13.1 Å². The number of nitrogens with one attached hydrogen (secondary N) is 1. The van der Waals surface area contributed by atoms with Gasteiger partial charge in [0, 0.05) is 24.2 Å². The molecule has 1 aromatic carbocycles. The Labute approximate surface area is 152 Å². The van der Waals surface area contributed by atoms with E-state index in [4.69, 9.17) is 16.7 Å². The largest absolute Gasteiger partial charge is 0.481 e. The van der Waals surface area contributed by atoms with Crippen molar-refractivity contribution in [3.63, 3.8) is 0 Å². The number of urea groups is 1. The van der Waals surface area contributed by atoms with Crippen molar-refractivity contribution in [1.29, 1.82) is 0 Å². The van der Waals surface area contributed by atoms with E-state index >= 15 is 0 Å². The van der Waals surface area contributed by atoms with E-state index in [0.717, 1.165) is 29.8 Å². The number of rotatable bonds is 3. The molecule has 0 aromatic heterocycles. The Balaban J connectivity index is 1.51. The highest BCUT2D eigenvalue weighted by atomic mass is 35.5. The fourth-order valence-electron chi connectivity index (χ4n) is 3.55. The van der Waals surface area contributed by atoms with Crippen molar-refractivity contribution in [1.82, 2.24) is 10.2 Å². The van der Waals surface area contributed by atoms with Gasteiger partial charge in [-0.3, -0.25) is 4.79 Å². The van der Waals surface area contributed by atoms with Gasteiger partial charge < -0.3 is 15.3 Å². The van der Waals surface area contributed by atoms with E-state index in [1.54, 1.807) is 4.90 Å². The normalized spacial score (nSPS) is 23.7. The number of amides is 2. The molecule has 2 aliphatic rings. The third kappa shape index (κ3) is 4.54. The number of benzene rings is 1. The molecule has 0 saturated heterocycles. The first-order valence-electron chi connectivity index (χ1n) is 8.76. The van der Waals surface area contributed by atoms with Gasteiger partial charge in [-0.2, -0.15) is 0 Å². The van der Waals surface area contributed by atoms with Crippen molar-refractivity contribution in [2.45, 2.75) is 38.1 Å². The Bertz CT molecular complexity index is 681. The molecule has 2 amide bonds. The molecule has 1 aliphatic heterocycles. The molecule has 5 nitrogen and oxygen atoms in total. The standard InChI is InChI=1S/C19H23ClN2O3/c20-16-3-1-2-15(12-16)13-8-10-22(11-9-13)19(25)21-17-6-4-14(5-7-17)18(23)24/h1-3,8,12,14,17H,4-7,9-11H2,(H,21,25)(H,23,24). The molecule has 3 rings (SSSR count). The summed E-state index contributed by atoms with van der Waals surface area (Å²) in [6.07, 6.45) is 5.63. The van der Waals surface area contributed by atoms with Crippen molar-refractivity contribution in [3.05, 3.63) is 40.9 Å². The minimum absolute atomic E-state index is 0.0554. The Morgan fingerprint density at radius 3 is 2.56 bits per heavy atom. The Kier molecular flexibility index (Phi) is 5.63. The molecule has 1 aromatic rings. The predicted octanol–water partition coefficient (Wildman–Crippen LogP) is 3.78. The lowest BCUT2D eigenvalue weighted by Gasteiger charge is -2.31. The molecule has 0 radical (unpaired) electrons. The number of nitrogens with zero attached hydrogens (tertiary/aromatic N) is 1. The highest BCUT2D eigenvalue weighted by Gasteiger charge is 2.28. The van der Waals surface area contributed by atoms with Gasteiger partial charge in [-0.25, -0.2) is 4.79 Å². The summed E-state index contributed by atoms with van der Waals surface area (Å²) in [5, 5.41) is 12.8. The number of hydrogen-bond acceptors (Lipinski definition) is 2. The topological polar surface area (TPSA) is 69.6 Å². The SMILES string of the molecule is O=C(O)C1CCC(NC(=O)N2CC=C(c3cccc(Cl)c3)CC2)CC1. The first kappa shape index (κ1) is 17.8. The fraction of sp³-hybridized carbons (Fsp3) is 0.474. The lowest BCUT2D eigenvalue weighted by atomic mass is 9.86. The van der Waals surface area contributed by atoms with Gasteiger partial charge in [0.15, 0.2) is 0 Å². The maximum atomic E-state index is 12.4. The summed E-state index contributed by atoms with van der Waals surface area (Å²) in [5.41, 5.74) is 2.33. The number of carboxylic acid groups (broad SMARTS) is 1. The molecule has 1 fully saturated rings. The van der Waals surface area contributed by atoms with Crippen LogP contribution < -0.4 is 5.32 Å². The summed E-state index contributed by atoms with van der Waals surface area (Å²) in [5.74, 6) is -0.981. The van der Waals surface area contributed by atoms with Crippen LogP contribution in [0.1, 0.15) is 37.7 Å².